The average molecular weight is 152 g/mol. The van der Waals surface area contributed by atoms with E-state index >= 15 is 0 Å². The van der Waals surface area contributed by atoms with E-state index in [9.17, 15) is 8.78 Å². The maximum Gasteiger partial charge on any atom is 0.240 e. The van der Waals surface area contributed by atoms with Crippen molar-refractivity contribution in [1.82, 2.24) is 5.32 Å². The Bertz CT molecular complexity index is 78.1. The van der Waals surface area contributed by atoms with Crippen LogP contribution < -0.4 is 11.1 Å². The molecule has 0 aromatic heterocycles. The Morgan fingerprint density at radius 1 is 1.50 bits per heavy atom. The summed E-state index contributed by atoms with van der Waals surface area (Å²) in [5.41, 5.74) is 5.16. The molecular weight excluding hydrogens is 138 g/mol. The number of rotatable bonds is 5. The molecule has 0 saturated heterocycles. The Hall–Kier alpha value is -0.220. The summed E-state index contributed by atoms with van der Waals surface area (Å²) in [5, 5.41) is 2.86. The second-order valence-electron chi connectivity index (χ2n) is 2.27. The lowest BCUT2D eigenvalue weighted by Gasteiger charge is -2.11. The fraction of sp³-hybridized carbons (Fsp3) is 1.00. The molecule has 0 bridgehead atoms. The Labute approximate surface area is 59.8 Å². The van der Waals surface area contributed by atoms with Gasteiger partial charge in [0.2, 0.25) is 6.43 Å². The highest BCUT2D eigenvalue weighted by Crippen LogP contribution is 2.02. The number of alkyl halides is 2. The third-order valence-corrected chi connectivity index (χ3v) is 1.17. The minimum Gasteiger partial charge on any atom is -0.329 e. The van der Waals surface area contributed by atoms with E-state index in [1.54, 1.807) is 6.92 Å². The lowest BCUT2D eigenvalue weighted by Crippen LogP contribution is -2.32. The minimum atomic E-state index is -2.22. The summed E-state index contributed by atoms with van der Waals surface area (Å²) in [7, 11) is 0. The van der Waals surface area contributed by atoms with Crippen LogP contribution in [-0.4, -0.2) is 25.6 Å². The highest BCUT2D eigenvalue weighted by atomic mass is 19.3. The zero-order valence-corrected chi connectivity index (χ0v) is 6.11. The van der Waals surface area contributed by atoms with Gasteiger partial charge in [-0.25, -0.2) is 8.78 Å². The van der Waals surface area contributed by atoms with Crippen molar-refractivity contribution in [3.05, 3.63) is 0 Å². The quantitative estimate of drug-likeness (QED) is 0.604. The summed E-state index contributed by atoms with van der Waals surface area (Å²) in [6.07, 6.45) is -2.32. The molecule has 1 unspecified atom stereocenters. The number of hydrogen-bond acceptors (Lipinski definition) is 2. The van der Waals surface area contributed by atoms with Gasteiger partial charge >= 0.3 is 0 Å². The molecule has 0 fully saturated rings. The van der Waals surface area contributed by atoms with Gasteiger partial charge in [0.25, 0.3) is 0 Å². The van der Waals surface area contributed by atoms with Gasteiger partial charge in [-0.2, -0.15) is 0 Å². The van der Waals surface area contributed by atoms with E-state index in [2.05, 4.69) is 5.32 Å². The fourth-order valence-electron chi connectivity index (χ4n) is 0.680. The molecule has 0 aliphatic heterocycles. The predicted molar refractivity (Wildman–Crippen MR) is 37.1 cm³/mol. The number of hydrogen-bond donors (Lipinski definition) is 2. The standard InChI is InChI=1S/C6H14F2N2/c1-5(4-6(7)8)10-3-2-9/h5-6,10H,2-4,9H2,1H3. The van der Waals surface area contributed by atoms with Gasteiger partial charge in [-0.05, 0) is 6.92 Å². The van der Waals surface area contributed by atoms with Gasteiger partial charge in [0.1, 0.15) is 0 Å². The molecule has 1 atom stereocenters. The van der Waals surface area contributed by atoms with E-state index < -0.39 is 6.43 Å². The first-order chi connectivity index (χ1) is 4.66. The second kappa shape index (κ2) is 5.56. The van der Waals surface area contributed by atoms with Crippen molar-refractivity contribution in [1.29, 1.82) is 0 Å². The van der Waals surface area contributed by atoms with E-state index in [0.29, 0.717) is 13.1 Å². The molecule has 0 heterocycles. The van der Waals surface area contributed by atoms with Crippen molar-refractivity contribution in [2.45, 2.75) is 25.8 Å². The Morgan fingerprint density at radius 3 is 2.50 bits per heavy atom. The van der Waals surface area contributed by atoms with Gasteiger partial charge in [0, 0.05) is 25.6 Å². The van der Waals surface area contributed by atoms with E-state index in [4.69, 9.17) is 5.73 Å². The van der Waals surface area contributed by atoms with Crippen molar-refractivity contribution in [3.8, 4) is 0 Å². The van der Waals surface area contributed by atoms with Crippen molar-refractivity contribution in [2.24, 2.45) is 5.73 Å². The largest absolute Gasteiger partial charge is 0.329 e. The molecule has 0 aromatic carbocycles. The molecule has 3 N–H and O–H groups in total. The molecule has 0 amide bonds. The third kappa shape index (κ3) is 5.91. The SMILES string of the molecule is CC(CC(F)F)NCCN. The van der Waals surface area contributed by atoms with Gasteiger partial charge in [0.05, 0.1) is 0 Å². The van der Waals surface area contributed by atoms with Crippen molar-refractivity contribution >= 4 is 0 Å². The van der Waals surface area contributed by atoms with Crippen LogP contribution in [0.4, 0.5) is 8.78 Å². The van der Waals surface area contributed by atoms with Crippen molar-refractivity contribution in [2.75, 3.05) is 13.1 Å². The molecule has 0 aliphatic rings. The van der Waals surface area contributed by atoms with Gasteiger partial charge in [-0.15, -0.1) is 0 Å². The van der Waals surface area contributed by atoms with E-state index in [1.807, 2.05) is 0 Å². The lowest BCUT2D eigenvalue weighted by atomic mass is 10.2. The maximum absolute atomic E-state index is 11.6. The molecule has 0 aliphatic carbocycles. The number of nitrogens with two attached hydrogens (primary N) is 1. The second-order valence-corrected chi connectivity index (χ2v) is 2.27. The number of halogens is 2. The fourth-order valence-corrected chi connectivity index (χ4v) is 0.680. The van der Waals surface area contributed by atoms with Crippen molar-refractivity contribution < 1.29 is 8.78 Å². The summed E-state index contributed by atoms with van der Waals surface area (Å²) >= 11 is 0. The molecule has 10 heavy (non-hydrogen) atoms. The van der Waals surface area contributed by atoms with Crippen LogP contribution in [0.2, 0.25) is 0 Å². The van der Waals surface area contributed by atoms with Crippen LogP contribution in [0, 0.1) is 0 Å². The Morgan fingerprint density at radius 2 is 2.10 bits per heavy atom. The zero-order chi connectivity index (χ0) is 7.98. The van der Waals surface area contributed by atoms with Crippen LogP contribution in [-0.2, 0) is 0 Å². The number of nitrogens with one attached hydrogen (secondary N) is 1. The van der Waals surface area contributed by atoms with Gasteiger partial charge in [0.15, 0.2) is 0 Å². The van der Waals surface area contributed by atoms with Crippen molar-refractivity contribution in [3.63, 3.8) is 0 Å². The van der Waals surface area contributed by atoms with Crippen LogP contribution in [0.15, 0.2) is 0 Å². The third-order valence-electron chi connectivity index (χ3n) is 1.17. The first kappa shape index (κ1) is 9.78. The molecule has 0 rings (SSSR count). The summed E-state index contributed by atoms with van der Waals surface area (Å²) in [6.45, 7) is 2.82. The molecule has 62 valence electrons. The van der Waals surface area contributed by atoms with Gasteiger partial charge in [-0.3, -0.25) is 0 Å². The van der Waals surface area contributed by atoms with Gasteiger partial charge in [-0.1, -0.05) is 0 Å². The average Bonchev–Trinajstić information content (AvgIpc) is 1.82. The first-order valence-electron chi connectivity index (χ1n) is 3.38. The Balaban J connectivity index is 3.16. The highest BCUT2D eigenvalue weighted by molar-refractivity contribution is 4.61. The topological polar surface area (TPSA) is 38.0 Å². The molecule has 0 spiro atoms. The normalized spacial score (nSPS) is 14.1. The minimum absolute atomic E-state index is 0.0972. The Kier molecular flexibility index (Phi) is 5.43. The molecule has 0 aromatic rings. The van der Waals surface area contributed by atoms with Crippen LogP contribution in [0.5, 0.6) is 0 Å². The molecule has 4 heteroatoms. The van der Waals surface area contributed by atoms with E-state index in [0.717, 1.165) is 0 Å². The summed E-state index contributed by atoms with van der Waals surface area (Å²) in [4.78, 5) is 0. The molecule has 0 saturated carbocycles. The highest BCUT2D eigenvalue weighted by Gasteiger charge is 2.08. The summed E-state index contributed by atoms with van der Waals surface area (Å²) < 4.78 is 23.3. The molecule has 2 nitrogen and oxygen atoms in total. The predicted octanol–water partition coefficient (Wildman–Crippen LogP) is 0.578. The smallest absolute Gasteiger partial charge is 0.240 e. The zero-order valence-electron chi connectivity index (χ0n) is 6.11. The first-order valence-corrected chi connectivity index (χ1v) is 3.38. The molecule has 0 radical (unpaired) electrons. The van der Waals surface area contributed by atoms with Crippen LogP contribution in [0.3, 0.4) is 0 Å². The summed E-state index contributed by atoms with van der Waals surface area (Å²) in [6, 6.07) is -0.136. The van der Waals surface area contributed by atoms with E-state index in [1.165, 1.54) is 0 Å². The van der Waals surface area contributed by atoms with Gasteiger partial charge < -0.3 is 11.1 Å². The van der Waals surface area contributed by atoms with E-state index in [-0.39, 0.29) is 12.5 Å². The van der Waals surface area contributed by atoms with Crippen LogP contribution >= 0.6 is 0 Å². The molecular formula is C6H14F2N2. The lowest BCUT2D eigenvalue weighted by molar-refractivity contribution is 0.125. The summed E-state index contributed by atoms with van der Waals surface area (Å²) in [5.74, 6) is 0. The monoisotopic (exact) mass is 152 g/mol. The van der Waals surface area contributed by atoms with Crippen LogP contribution in [0.1, 0.15) is 13.3 Å². The maximum atomic E-state index is 11.6. The van der Waals surface area contributed by atoms with Crippen LogP contribution in [0.25, 0.3) is 0 Å².